The van der Waals surface area contributed by atoms with Crippen molar-refractivity contribution < 1.29 is 66.3 Å². The van der Waals surface area contributed by atoms with Gasteiger partial charge < -0.3 is 34.7 Å². The van der Waals surface area contributed by atoms with Gasteiger partial charge in [0.05, 0.1) is 36.9 Å². The Morgan fingerprint density at radius 3 is 1.72 bits per heavy atom. The third-order valence-corrected chi connectivity index (χ3v) is 8.46. The molecule has 0 saturated carbocycles. The van der Waals surface area contributed by atoms with Gasteiger partial charge in [0.25, 0.3) is 0 Å². The second kappa shape index (κ2) is 18.1. The maximum Gasteiger partial charge on any atom is 0.446 e. The van der Waals surface area contributed by atoms with Crippen molar-refractivity contribution in [3.05, 3.63) is 46.6 Å². The maximum absolute atomic E-state index is 12.8. The molecule has 0 unspecified atom stereocenters. The molecule has 0 aliphatic rings. The highest BCUT2D eigenvalue weighted by Crippen LogP contribution is 2.35. The van der Waals surface area contributed by atoms with Crippen molar-refractivity contribution in [3.8, 4) is 17.2 Å². The highest BCUT2D eigenvalue weighted by Gasteiger charge is 2.24. The first kappa shape index (κ1) is 39.6. The van der Waals surface area contributed by atoms with E-state index < -0.39 is 72.4 Å². The lowest BCUT2D eigenvalue weighted by Crippen LogP contribution is -2.49. The van der Waals surface area contributed by atoms with Gasteiger partial charge in [-0.25, -0.2) is 4.79 Å². The number of hydrogen-bond donors (Lipinski definition) is 6. The molecule has 0 aromatic heterocycles. The van der Waals surface area contributed by atoms with Gasteiger partial charge in [-0.2, -0.15) is 8.42 Å². The summed E-state index contributed by atoms with van der Waals surface area (Å²) in [5, 5.41) is 39.4. The summed E-state index contributed by atoms with van der Waals surface area (Å²) in [7, 11) is -4.72. The van der Waals surface area contributed by atoms with E-state index >= 15 is 0 Å². The quantitative estimate of drug-likeness (QED) is 0.0860. The Morgan fingerprint density at radius 2 is 1.28 bits per heavy atom. The number of ether oxygens (including phenoxy) is 1. The minimum atomic E-state index is -4.72. The SMILES string of the molecule is O=C(O)CN(CCN(CC(=O)O)CC(=O)N[C@@H](Cc1cc(I)c(Oc2ccc(OS(=O)(=O)O)c(I)c2)c(I)c1)C(=O)O)CC(=O)O. The van der Waals surface area contributed by atoms with E-state index in [0.717, 1.165) is 9.80 Å². The number of aliphatic carboxylic acids is 4. The van der Waals surface area contributed by atoms with Crippen molar-refractivity contribution in [1.29, 1.82) is 0 Å². The number of nitrogens with zero attached hydrogens (tertiary/aromatic N) is 2. The lowest BCUT2D eigenvalue weighted by Gasteiger charge is -2.25. The lowest BCUT2D eigenvalue weighted by atomic mass is 10.1. The number of carbonyl (C=O) groups excluding carboxylic acids is 1. The van der Waals surface area contributed by atoms with Gasteiger partial charge in [-0.15, -0.1) is 0 Å². The molecule has 21 heteroatoms. The monoisotopic (exact) mass is 1000 g/mol. The average Bonchev–Trinajstić information content (AvgIpc) is 2.88. The summed E-state index contributed by atoms with van der Waals surface area (Å²) in [5.41, 5.74) is 0.515. The van der Waals surface area contributed by atoms with E-state index in [1.807, 2.05) is 45.2 Å². The van der Waals surface area contributed by atoms with Crippen molar-refractivity contribution in [1.82, 2.24) is 15.1 Å². The molecule has 2 rings (SSSR count). The fourth-order valence-corrected chi connectivity index (χ4v) is 7.07. The second-order valence-electron chi connectivity index (χ2n) is 9.36. The summed E-state index contributed by atoms with van der Waals surface area (Å²) in [6, 6.07) is 6.04. The van der Waals surface area contributed by atoms with E-state index in [2.05, 4.69) is 9.50 Å². The molecule has 1 atom stereocenters. The summed E-state index contributed by atoms with van der Waals surface area (Å²) in [6.45, 7) is -2.83. The minimum Gasteiger partial charge on any atom is -0.480 e. The zero-order valence-corrected chi connectivity index (χ0v) is 30.5. The number of carboxylic acids is 4. The Balaban J connectivity index is 2.13. The Kier molecular flexibility index (Phi) is 15.6. The van der Waals surface area contributed by atoms with Crippen LogP contribution in [-0.4, -0.2) is 118 Å². The molecule has 0 aliphatic heterocycles. The Hall–Kier alpha value is -2.59. The van der Waals surface area contributed by atoms with Crippen LogP contribution in [0.15, 0.2) is 30.3 Å². The topological polar surface area (TPSA) is 258 Å². The molecule has 2 aromatic rings. The van der Waals surface area contributed by atoms with Crippen LogP contribution >= 0.6 is 67.8 Å². The first-order valence-electron chi connectivity index (χ1n) is 12.6. The third-order valence-electron chi connectivity index (χ3n) is 5.63. The molecule has 0 spiro atoms. The average molecular weight is 1010 g/mol. The molecule has 0 aliphatic carbocycles. The molecule has 0 fully saturated rings. The number of carboxylic acid groups (broad SMARTS) is 4. The minimum absolute atomic E-state index is 0.110. The number of carbonyl (C=O) groups is 5. The Morgan fingerprint density at radius 1 is 0.783 bits per heavy atom. The number of amides is 1. The molecule has 0 bridgehead atoms. The van der Waals surface area contributed by atoms with Crippen molar-refractivity contribution >= 4 is 108 Å². The van der Waals surface area contributed by atoms with Gasteiger partial charge in [0.1, 0.15) is 11.8 Å². The lowest BCUT2D eigenvalue weighted by molar-refractivity contribution is -0.144. The largest absolute Gasteiger partial charge is 0.480 e. The molecule has 0 saturated heterocycles. The van der Waals surface area contributed by atoms with Gasteiger partial charge in [0.2, 0.25) is 5.91 Å². The Bertz CT molecular complexity index is 1550. The van der Waals surface area contributed by atoms with E-state index in [9.17, 15) is 42.6 Å². The summed E-state index contributed by atoms with van der Waals surface area (Å²) in [5.74, 6) is -5.48. The number of nitrogens with one attached hydrogen (secondary N) is 1. The van der Waals surface area contributed by atoms with Gasteiger partial charge >= 0.3 is 34.3 Å². The first-order chi connectivity index (χ1) is 21.3. The van der Waals surface area contributed by atoms with E-state index in [1.165, 1.54) is 18.2 Å². The Labute approximate surface area is 302 Å². The molecule has 2 aromatic carbocycles. The first-order valence-corrected chi connectivity index (χ1v) is 17.2. The van der Waals surface area contributed by atoms with Gasteiger partial charge in [-0.1, -0.05) is 0 Å². The molecular formula is C25H26I3N3O14S. The predicted octanol–water partition coefficient (Wildman–Crippen LogP) is 1.44. The van der Waals surface area contributed by atoms with Crippen molar-refractivity contribution in [3.63, 3.8) is 0 Å². The van der Waals surface area contributed by atoms with Gasteiger partial charge in [-0.3, -0.25) is 33.5 Å². The molecule has 252 valence electrons. The summed E-state index contributed by atoms with van der Waals surface area (Å²) in [4.78, 5) is 60.3. The highest BCUT2D eigenvalue weighted by atomic mass is 127. The van der Waals surface area contributed by atoms with E-state index in [-0.39, 0.29) is 25.3 Å². The summed E-state index contributed by atoms with van der Waals surface area (Å²) in [6.07, 6.45) is -0.156. The van der Waals surface area contributed by atoms with Crippen LogP contribution in [0.2, 0.25) is 0 Å². The molecule has 17 nitrogen and oxygen atoms in total. The predicted molar refractivity (Wildman–Crippen MR) is 182 cm³/mol. The van der Waals surface area contributed by atoms with Gasteiger partial charge in [0.15, 0.2) is 11.5 Å². The second-order valence-corrected chi connectivity index (χ2v) is 13.9. The number of rotatable bonds is 19. The standard InChI is InChI=1S/C25H26I3N3O14S/c26-15-8-14(1-2-19(15)45-46(41,42)43)44-24-16(27)5-13(6-17(24)28)7-18(25(39)40)29-20(32)9-30(10-21(33)34)3-4-31(11-22(35)36)12-23(37)38/h1-2,5-6,8,18H,3-4,7,9-12H2,(H,29,32)(H,33,34)(H,35,36)(H,37,38)(H,39,40)(H,41,42,43)/t18-/m0/s1. The van der Waals surface area contributed by atoms with Gasteiger partial charge in [-0.05, 0) is 104 Å². The number of benzene rings is 2. The van der Waals surface area contributed by atoms with Crippen molar-refractivity contribution in [2.45, 2.75) is 12.5 Å². The zero-order valence-electron chi connectivity index (χ0n) is 23.3. The smallest absolute Gasteiger partial charge is 0.446 e. The van der Waals surface area contributed by atoms with Crippen LogP contribution < -0.4 is 14.2 Å². The number of hydrogen-bond acceptors (Lipinski definition) is 11. The molecule has 46 heavy (non-hydrogen) atoms. The molecular weight excluding hydrogens is 979 g/mol. The van der Waals surface area contributed by atoms with Crippen LogP contribution in [0.1, 0.15) is 5.56 Å². The van der Waals surface area contributed by atoms with Crippen LogP contribution in [0.3, 0.4) is 0 Å². The van der Waals surface area contributed by atoms with Crippen LogP contribution in [0.25, 0.3) is 0 Å². The highest BCUT2D eigenvalue weighted by molar-refractivity contribution is 14.1. The summed E-state index contributed by atoms with van der Waals surface area (Å²) >= 11 is 5.74. The molecule has 1 amide bonds. The fourth-order valence-electron chi connectivity index (χ4n) is 3.84. The number of halogens is 3. The van der Waals surface area contributed by atoms with Crippen LogP contribution in [0, 0.1) is 10.7 Å². The fraction of sp³-hybridized carbons (Fsp3) is 0.320. The normalized spacial score (nSPS) is 12.0. The van der Waals surface area contributed by atoms with Crippen molar-refractivity contribution in [2.75, 3.05) is 39.3 Å². The van der Waals surface area contributed by atoms with E-state index in [4.69, 9.17) is 19.5 Å². The van der Waals surface area contributed by atoms with E-state index in [0.29, 0.717) is 27.8 Å². The molecule has 6 N–H and O–H groups in total. The van der Waals surface area contributed by atoms with Crippen LogP contribution in [0.4, 0.5) is 0 Å². The molecule has 0 heterocycles. The van der Waals surface area contributed by atoms with Crippen LogP contribution in [0.5, 0.6) is 17.2 Å². The van der Waals surface area contributed by atoms with Crippen molar-refractivity contribution in [2.24, 2.45) is 0 Å². The summed E-state index contributed by atoms with van der Waals surface area (Å²) < 4.78 is 42.8. The molecule has 0 radical (unpaired) electrons. The van der Waals surface area contributed by atoms with Crippen LogP contribution in [-0.2, 0) is 40.8 Å². The third kappa shape index (κ3) is 14.4. The van der Waals surface area contributed by atoms with E-state index in [1.54, 1.807) is 34.7 Å². The zero-order chi connectivity index (χ0) is 34.8. The maximum atomic E-state index is 12.8. The van der Waals surface area contributed by atoms with Gasteiger partial charge in [0, 0.05) is 19.5 Å².